The van der Waals surface area contributed by atoms with Gasteiger partial charge in [0.05, 0.1) is 0 Å². The van der Waals surface area contributed by atoms with Crippen LogP contribution >= 0.6 is 0 Å². The van der Waals surface area contributed by atoms with Crippen molar-refractivity contribution in [2.45, 2.75) is 12.7 Å². The highest BCUT2D eigenvalue weighted by molar-refractivity contribution is 6.19. The zero-order valence-electron chi connectivity index (χ0n) is 5.81. The first-order chi connectivity index (χ1) is 4.31. The van der Waals surface area contributed by atoms with E-state index in [0.29, 0.717) is 19.4 Å². The quantitative estimate of drug-likeness (QED) is 0.357. The van der Waals surface area contributed by atoms with Gasteiger partial charge in [0, 0.05) is 6.54 Å². The van der Waals surface area contributed by atoms with Crippen LogP contribution in [0, 0.1) is 0 Å². The van der Waals surface area contributed by atoms with Gasteiger partial charge < -0.3 is 11.1 Å². The molecule has 0 spiro atoms. The summed E-state index contributed by atoms with van der Waals surface area (Å²) in [5.74, 6) is 0.100. The Hall–Kier alpha value is -0.505. The first kappa shape index (κ1) is 8.49. The number of hydrogen-bond acceptors (Lipinski definition) is 2. The Morgan fingerprint density at radius 3 is 2.78 bits per heavy atom. The molecule has 0 aromatic carbocycles. The summed E-state index contributed by atoms with van der Waals surface area (Å²) in [6, 6.07) is 0. The van der Waals surface area contributed by atoms with Crippen LogP contribution in [0.15, 0.2) is 0 Å². The van der Waals surface area contributed by atoms with Crippen LogP contribution in [0.4, 0.5) is 0 Å². The van der Waals surface area contributed by atoms with Crippen molar-refractivity contribution in [1.29, 1.82) is 0 Å². The molecule has 0 aromatic heterocycles. The number of carbonyl (C=O) groups excluding carboxylic acids is 1. The molecule has 1 amide bonds. The number of nitrogens with one attached hydrogen (secondary N) is 1. The van der Waals surface area contributed by atoms with E-state index < -0.39 is 0 Å². The van der Waals surface area contributed by atoms with Crippen LogP contribution in [0.25, 0.3) is 0 Å². The van der Waals surface area contributed by atoms with Gasteiger partial charge in [0.2, 0.25) is 5.91 Å². The predicted octanol–water partition coefficient (Wildman–Crippen LogP) is -1.50. The van der Waals surface area contributed by atoms with Gasteiger partial charge in [0.1, 0.15) is 7.85 Å². The molecule has 0 radical (unpaired) electrons. The van der Waals surface area contributed by atoms with Crippen molar-refractivity contribution >= 4 is 13.8 Å². The molecule has 0 heterocycles. The van der Waals surface area contributed by atoms with Gasteiger partial charge in [-0.15, -0.1) is 0 Å². The Kier molecular flexibility index (Phi) is 5.31. The Labute approximate surface area is 56.4 Å². The van der Waals surface area contributed by atoms with E-state index in [2.05, 4.69) is 5.32 Å². The van der Waals surface area contributed by atoms with Crippen molar-refractivity contribution < 1.29 is 4.79 Å². The zero-order chi connectivity index (χ0) is 7.11. The van der Waals surface area contributed by atoms with Crippen molar-refractivity contribution in [2.75, 3.05) is 13.1 Å². The third kappa shape index (κ3) is 5.36. The second kappa shape index (κ2) is 5.63. The number of amides is 1. The van der Waals surface area contributed by atoms with E-state index in [4.69, 9.17) is 5.73 Å². The second-order valence-corrected chi connectivity index (χ2v) is 1.85. The second-order valence-electron chi connectivity index (χ2n) is 1.85. The maximum atomic E-state index is 10.5. The summed E-state index contributed by atoms with van der Waals surface area (Å²) in [7, 11) is 1.83. The molecule has 3 nitrogen and oxygen atoms in total. The Bertz CT molecular complexity index is 87.0. The van der Waals surface area contributed by atoms with E-state index >= 15 is 0 Å². The number of carbonyl (C=O) groups is 1. The number of hydrogen-bond donors (Lipinski definition) is 2. The smallest absolute Gasteiger partial charge is 0.212 e. The fraction of sp³-hybridized carbons (Fsp3) is 0.800. The third-order valence-corrected chi connectivity index (χ3v) is 1.02. The number of rotatable bonds is 4. The molecule has 0 aliphatic carbocycles. The molecule has 0 aliphatic heterocycles. The first-order valence-electron chi connectivity index (χ1n) is 3.28. The maximum absolute atomic E-state index is 10.5. The molecule has 0 aromatic rings. The highest BCUT2D eigenvalue weighted by Crippen LogP contribution is 1.73. The van der Waals surface area contributed by atoms with Crippen LogP contribution < -0.4 is 11.1 Å². The molecule has 52 valence electrons. The fourth-order valence-corrected chi connectivity index (χ4v) is 0.455. The summed E-state index contributed by atoms with van der Waals surface area (Å²) in [6.45, 7) is 1.35. The summed E-state index contributed by atoms with van der Waals surface area (Å²) in [6.07, 6.45) is 1.43. The van der Waals surface area contributed by atoms with Gasteiger partial charge in [-0.1, -0.05) is 0 Å². The van der Waals surface area contributed by atoms with Gasteiger partial charge in [0.15, 0.2) is 0 Å². The van der Waals surface area contributed by atoms with Gasteiger partial charge in [-0.2, -0.15) is 0 Å². The average Bonchev–Trinajstić information content (AvgIpc) is 1.89. The summed E-state index contributed by atoms with van der Waals surface area (Å²) in [5.41, 5.74) is 5.20. The van der Waals surface area contributed by atoms with Gasteiger partial charge in [-0.25, -0.2) is 0 Å². The summed E-state index contributed by atoms with van der Waals surface area (Å²) in [5, 5.41) is 2.71. The standard InChI is InChI=1S/C5H13BN2O/c6-4-5(9)8-3-1-2-7/h1-4,6-7H2,(H,8,9). The molecule has 0 unspecified atom stereocenters. The monoisotopic (exact) mass is 128 g/mol. The summed E-state index contributed by atoms with van der Waals surface area (Å²) < 4.78 is 0. The van der Waals surface area contributed by atoms with Crippen LogP contribution in [-0.4, -0.2) is 26.8 Å². The molecule has 0 rings (SSSR count). The van der Waals surface area contributed by atoms with Crippen molar-refractivity contribution in [2.24, 2.45) is 5.73 Å². The van der Waals surface area contributed by atoms with Crippen LogP contribution in [0.1, 0.15) is 6.42 Å². The molecule has 0 saturated carbocycles. The average molecular weight is 128 g/mol. The molecule has 3 N–H and O–H groups in total. The molecule has 0 aliphatic rings. The van der Waals surface area contributed by atoms with Gasteiger partial charge in [-0.05, 0) is 19.3 Å². The van der Waals surface area contributed by atoms with Crippen LogP contribution in [0.3, 0.4) is 0 Å². The molecule has 0 bridgehead atoms. The highest BCUT2D eigenvalue weighted by Gasteiger charge is 1.92. The minimum atomic E-state index is 0.100. The Morgan fingerprint density at radius 1 is 1.67 bits per heavy atom. The molecular formula is C5H13BN2O. The summed E-state index contributed by atoms with van der Waals surface area (Å²) >= 11 is 0. The van der Waals surface area contributed by atoms with E-state index in [9.17, 15) is 4.79 Å². The van der Waals surface area contributed by atoms with Gasteiger partial charge >= 0.3 is 0 Å². The Morgan fingerprint density at radius 2 is 2.33 bits per heavy atom. The van der Waals surface area contributed by atoms with E-state index in [1.165, 1.54) is 0 Å². The largest absolute Gasteiger partial charge is 0.357 e. The molecule has 4 heteroatoms. The first-order valence-corrected chi connectivity index (χ1v) is 3.28. The minimum absolute atomic E-state index is 0.100. The predicted molar refractivity (Wildman–Crippen MR) is 40.0 cm³/mol. The number of nitrogens with two attached hydrogens (primary N) is 1. The van der Waals surface area contributed by atoms with E-state index in [1.54, 1.807) is 0 Å². The SMILES string of the molecule is BCC(=O)NCCCN. The van der Waals surface area contributed by atoms with Crippen molar-refractivity contribution in [3.8, 4) is 0 Å². The molecule has 0 fully saturated rings. The van der Waals surface area contributed by atoms with Crippen molar-refractivity contribution in [3.63, 3.8) is 0 Å². The summed E-state index contributed by atoms with van der Waals surface area (Å²) in [4.78, 5) is 10.5. The van der Waals surface area contributed by atoms with E-state index in [0.717, 1.165) is 6.42 Å². The normalized spacial score (nSPS) is 9.00. The minimum Gasteiger partial charge on any atom is -0.357 e. The molecule has 0 atom stereocenters. The lowest BCUT2D eigenvalue weighted by molar-refractivity contribution is -0.118. The maximum Gasteiger partial charge on any atom is 0.212 e. The van der Waals surface area contributed by atoms with Crippen LogP contribution in [-0.2, 0) is 4.79 Å². The molecule has 0 saturated heterocycles. The lowest BCUT2D eigenvalue weighted by Crippen LogP contribution is -2.25. The molecular weight excluding hydrogens is 115 g/mol. The zero-order valence-corrected chi connectivity index (χ0v) is 5.81. The van der Waals surface area contributed by atoms with Gasteiger partial charge in [0.25, 0.3) is 0 Å². The van der Waals surface area contributed by atoms with E-state index in [1.807, 2.05) is 7.85 Å². The van der Waals surface area contributed by atoms with Crippen molar-refractivity contribution in [3.05, 3.63) is 0 Å². The van der Waals surface area contributed by atoms with E-state index in [-0.39, 0.29) is 5.91 Å². The lowest BCUT2D eigenvalue weighted by Gasteiger charge is -1.99. The Balaban J connectivity index is 2.97. The fourth-order valence-electron chi connectivity index (χ4n) is 0.455. The lowest BCUT2D eigenvalue weighted by atomic mass is 10.1. The highest BCUT2D eigenvalue weighted by atomic mass is 16.1. The third-order valence-electron chi connectivity index (χ3n) is 1.02. The topological polar surface area (TPSA) is 55.1 Å². The van der Waals surface area contributed by atoms with Crippen molar-refractivity contribution in [1.82, 2.24) is 5.32 Å². The van der Waals surface area contributed by atoms with Crippen LogP contribution in [0.5, 0.6) is 0 Å². The molecule has 9 heavy (non-hydrogen) atoms. The van der Waals surface area contributed by atoms with Gasteiger partial charge in [-0.3, -0.25) is 4.79 Å². The van der Waals surface area contributed by atoms with Crippen LogP contribution in [0.2, 0.25) is 6.32 Å².